The molecule has 0 unspecified atom stereocenters. The van der Waals surface area contributed by atoms with Gasteiger partial charge in [0.2, 0.25) is 0 Å². The van der Waals surface area contributed by atoms with Gasteiger partial charge in [0.25, 0.3) is 0 Å². The smallest absolute Gasteiger partial charge is 0.0262 e. The molecule has 72 valence electrons. The summed E-state index contributed by atoms with van der Waals surface area (Å²) in [6.07, 6.45) is 7.16. The van der Waals surface area contributed by atoms with Crippen LogP contribution in [0, 0.1) is 5.92 Å². The van der Waals surface area contributed by atoms with Crippen LogP contribution in [0.3, 0.4) is 0 Å². The second kappa shape index (κ2) is 4.05. The largest absolute Gasteiger partial charge is 0.317 e. The summed E-state index contributed by atoms with van der Waals surface area (Å²) >= 11 is 0. The van der Waals surface area contributed by atoms with Crippen molar-refractivity contribution in [3.63, 3.8) is 0 Å². The Kier molecular flexibility index (Phi) is 2.79. The Labute approximate surface area is 80.1 Å². The molecule has 2 nitrogen and oxygen atoms in total. The molecule has 0 aromatic carbocycles. The fraction of sp³-hybridized carbons (Fsp3) is 0.727. The molecule has 2 aliphatic rings. The molecule has 0 saturated carbocycles. The fourth-order valence-electron chi connectivity index (χ4n) is 2.15. The normalized spacial score (nSPS) is 25.3. The van der Waals surface area contributed by atoms with Crippen molar-refractivity contribution < 1.29 is 0 Å². The van der Waals surface area contributed by atoms with Gasteiger partial charge in [-0.15, -0.1) is 0 Å². The second-order valence-electron chi connectivity index (χ2n) is 4.09. The van der Waals surface area contributed by atoms with Crippen LogP contribution in [0.1, 0.15) is 32.6 Å². The van der Waals surface area contributed by atoms with Crippen LogP contribution in [-0.2, 0) is 0 Å². The third-order valence-corrected chi connectivity index (χ3v) is 3.09. The van der Waals surface area contributed by atoms with Crippen molar-refractivity contribution in [3.05, 3.63) is 11.8 Å². The Morgan fingerprint density at radius 2 is 2.08 bits per heavy atom. The van der Waals surface area contributed by atoms with Crippen LogP contribution in [0.4, 0.5) is 0 Å². The van der Waals surface area contributed by atoms with Crippen molar-refractivity contribution >= 4 is 5.71 Å². The summed E-state index contributed by atoms with van der Waals surface area (Å²) in [6.45, 7) is 4.49. The number of rotatable bonds is 1. The number of hydrogen-bond donors (Lipinski definition) is 1. The highest BCUT2D eigenvalue weighted by molar-refractivity contribution is 5.83. The molecule has 0 aromatic rings. The Balaban J connectivity index is 1.99. The van der Waals surface area contributed by atoms with E-state index in [1.165, 1.54) is 44.5 Å². The van der Waals surface area contributed by atoms with E-state index in [-0.39, 0.29) is 0 Å². The van der Waals surface area contributed by atoms with E-state index in [2.05, 4.69) is 23.4 Å². The Morgan fingerprint density at radius 3 is 2.69 bits per heavy atom. The van der Waals surface area contributed by atoms with Crippen LogP contribution in [0.15, 0.2) is 16.8 Å². The zero-order chi connectivity index (χ0) is 9.10. The molecule has 0 amide bonds. The monoisotopic (exact) mass is 178 g/mol. The molecule has 2 rings (SSSR count). The lowest BCUT2D eigenvalue weighted by Crippen LogP contribution is -2.29. The molecule has 0 radical (unpaired) electrons. The first kappa shape index (κ1) is 8.95. The number of aliphatic imine (C=N–C) groups is 1. The molecule has 2 heterocycles. The minimum atomic E-state index is 0.818. The van der Waals surface area contributed by atoms with Crippen molar-refractivity contribution in [2.45, 2.75) is 32.6 Å². The summed E-state index contributed by atoms with van der Waals surface area (Å²) in [5.74, 6) is 0.818. The van der Waals surface area contributed by atoms with E-state index in [9.17, 15) is 0 Å². The predicted molar refractivity (Wildman–Crippen MR) is 56.0 cm³/mol. The van der Waals surface area contributed by atoms with Crippen LogP contribution >= 0.6 is 0 Å². The highest BCUT2D eigenvalue weighted by atomic mass is 14.9. The van der Waals surface area contributed by atoms with E-state index in [0.717, 1.165) is 5.92 Å². The Hall–Kier alpha value is -0.630. The number of hydrogen-bond acceptors (Lipinski definition) is 2. The van der Waals surface area contributed by atoms with E-state index in [4.69, 9.17) is 0 Å². The van der Waals surface area contributed by atoms with Crippen molar-refractivity contribution in [2.24, 2.45) is 10.9 Å². The summed E-state index contributed by atoms with van der Waals surface area (Å²) in [7, 11) is 0. The molecule has 0 atom stereocenters. The van der Waals surface area contributed by atoms with Gasteiger partial charge in [0.05, 0.1) is 0 Å². The molecule has 0 spiro atoms. The van der Waals surface area contributed by atoms with Crippen molar-refractivity contribution in [3.8, 4) is 0 Å². The van der Waals surface area contributed by atoms with E-state index < -0.39 is 0 Å². The second-order valence-corrected chi connectivity index (χ2v) is 4.09. The fourth-order valence-corrected chi connectivity index (χ4v) is 2.15. The summed E-state index contributed by atoms with van der Waals surface area (Å²) < 4.78 is 0. The first-order chi connectivity index (χ1) is 6.36. The molecule has 13 heavy (non-hydrogen) atoms. The topological polar surface area (TPSA) is 24.4 Å². The van der Waals surface area contributed by atoms with Gasteiger partial charge in [0, 0.05) is 11.9 Å². The lowest BCUT2D eigenvalue weighted by atomic mass is 9.86. The van der Waals surface area contributed by atoms with Gasteiger partial charge in [-0.2, -0.15) is 0 Å². The van der Waals surface area contributed by atoms with Gasteiger partial charge < -0.3 is 5.32 Å². The van der Waals surface area contributed by atoms with Gasteiger partial charge in [-0.1, -0.05) is 0 Å². The first-order valence-electron chi connectivity index (χ1n) is 5.29. The number of allylic oxidation sites excluding steroid dienone is 1. The summed E-state index contributed by atoms with van der Waals surface area (Å²) in [6, 6.07) is 0. The summed E-state index contributed by atoms with van der Waals surface area (Å²) in [5, 5.41) is 3.40. The third-order valence-electron chi connectivity index (χ3n) is 3.09. The van der Waals surface area contributed by atoms with Gasteiger partial charge in [-0.25, -0.2) is 0 Å². The molecule has 1 saturated heterocycles. The van der Waals surface area contributed by atoms with Gasteiger partial charge in [-0.3, -0.25) is 4.99 Å². The standard InChI is InChI=1S/C11H18N2/c1-9-2-3-11(8-13-9)10-4-6-12-7-5-10/h8,10,12H,2-7H2,1H3. The number of piperidine rings is 1. The summed E-state index contributed by atoms with van der Waals surface area (Å²) in [5.41, 5.74) is 2.88. The lowest BCUT2D eigenvalue weighted by Gasteiger charge is -2.26. The molecule has 0 aromatic heterocycles. The van der Waals surface area contributed by atoms with E-state index in [0.29, 0.717) is 0 Å². The highest BCUT2D eigenvalue weighted by Crippen LogP contribution is 2.27. The highest BCUT2D eigenvalue weighted by Gasteiger charge is 2.18. The first-order valence-corrected chi connectivity index (χ1v) is 5.29. The van der Waals surface area contributed by atoms with E-state index in [1.807, 2.05) is 0 Å². The average Bonchev–Trinajstić information content (AvgIpc) is 2.20. The SMILES string of the molecule is CC1=NC=C(C2CCNCC2)CC1. The number of nitrogens with one attached hydrogen (secondary N) is 1. The van der Waals surface area contributed by atoms with Gasteiger partial charge in [-0.05, 0) is 57.2 Å². The van der Waals surface area contributed by atoms with Gasteiger partial charge >= 0.3 is 0 Å². The Morgan fingerprint density at radius 1 is 1.31 bits per heavy atom. The van der Waals surface area contributed by atoms with Crippen molar-refractivity contribution in [1.82, 2.24) is 5.32 Å². The van der Waals surface area contributed by atoms with Gasteiger partial charge in [0.15, 0.2) is 0 Å². The minimum Gasteiger partial charge on any atom is -0.317 e. The van der Waals surface area contributed by atoms with Gasteiger partial charge in [0.1, 0.15) is 0 Å². The maximum atomic E-state index is 4.42. The van der Waals surface area contributed by atoms with E-state index >= 15 is 0 Å². The maximum Gasteiger partial charge on any atom is 0.0262 e. The van der Waals surface area contributed by atoms with E-state index in [1.54, 1.807) is 5.57 Å². The molecule has 0 aliphatic carbocycles. The zero-order valence-corrected chi connectivity index (χ0v) is 8.34. The molecule has 2 heteroatoms. The summed E-state index contributed by atoms with van der Waals surface area (Å²) in [4.78, 5) is 4.42. The molecule has 1 fully saturated rings. The van der Waals surface area contributed by atoms with Crippen LogP contribution in [-0.4, -0.2) is 18.8 Å². The maximum absolute atomic E-state index is 4.42. The van der Waals surface area contributed by atoms with Crippen LogP contribution in [0.25, 0.3) is 0 Å². The predicted octanol–water partition coefficient (Wildman–Crippen LogP) is 2.12. The average molecular weight is 178 g/mol. The van der Waals surface area contributed by atoms with Crippen LogP contribution in [0.5, 0.6) is 0 Å². The minimum absolute atomic E-state index is 0.818. The van der Waals surface area contributed by atoms with Crippen LogP contribution < -0.4 is 5.32 Å². The molecule has 2 aliphatic heterocycles. The molecule has 0 bridgehead atoms. The quantitative estimate of drug-likeness (QED) is 0.653. The lowest BCUT2D eigenvalue weighted by molar-refractivity contribution is 0.410. The number of nitrogens with zero attached hydrogens (tertiary/aromatic N) is 1. The zero-order valence-electron chi connectivity index (χ0n) is 8.34. The van der Waals surface area contributed by atoms with Crippen molar-refractivity contribution in [1.29, 1.82) is 0 Å². The Bertz CT molecular complexity index is 234. The third kappa shape index (κ3) is 2.19. The molecular formula is C11H18N2. The van der Waals surface area contributed by atoms with Crippen LogP contribution in [0.2, 0.25) is 0 Å². The molecule has 1 N–H and O–H groups in total. The van der Waals surface area contributed by atoms with Crippen molar-refractivity contribution in [2.75, 3.05) is 13.1 Å². The molecular weight excluding hydrogens is 160 g/mol.